The van der Waals surface area contributed by atoms with Crippen LogP contribution in [0.5, 0.6) is 0 Å². The van der Waals surface area contributed by atoms with Gasteiger partial charge in [-0.25, -0.2) is 8.60 Å². The van der Waals surface area contributed by atoms with Gasteiger partial charge >= 0.3 is 0 Å². The van der Waals surface area contributed by atoms with Crippen molar-refractivity contribution in [1.82, 2.24) is 0 Å². The number of halogens is 2. The Hall–Kier alpha value is -0.420. The average Bonchev–Trinajstić information content (AvgIpc) is 2.06. The summed E-state index contributed by atoms with van der Waals surface area (Å²) < 4.78 is 30.3. The summed E-state index contributed by atoms with van der Waals surface area (Å²) >= 11 is 3.17. The molecular weight excluding hydrogens is 293 g/mol. The third-order valence-corrected chi connectivity index (χ3v) is 5.89. The molecule has 5 heteroatoms. The Labute approximate surface area is 104 Å². The van der Waals surface area contributed by atoms with E-state index in [0.717, 1.165) is 0 Å². The fourth-order valence-corrected chi connectivity index (χ4v) is 5.30. The highest BCUT2D eigenvalue weighted by Crippen LogP contribution is 2.36. The van der Waals surface area contributed by atoms with Crippen molar-refractivity contribution in [2.75, 3.05) is 11.5 Å². The maximum atomic E-state index is 13.5. The third-order valence-electron chi connectivity index (χ3n) is 2.41. The highest BCUT2D eigenvalue weighted by atomic mass is 79.9. The Morgan fingerprint density at radius 2 is 2.06 bits per heavy atom. The molecular formula is C11H13BrFNOS. The van der Waals surface area contributed by atoms with Crippen molar-refractivity contribution in [3.63, 3.8) is 0 Å². The van der Waals surface area contributed by atoms with Crippen LogP contribution in [0.2, 0.25) is 0 Å². The van der Waals surface area contributed by atoms with Crippen molar-refractivity contribution in [2.45, 2.75) is 13.8 Å². The van der Waals surface area contributed by atoms with Crippen molar-refractivity contribution >= 4 is 31.3 Å². The summed E-state index contributed by atoms with van der Waals surface area (Å²) in [6, 6.07) is 4.59. The fraction of sp³-hybridized carbons (Fsp3) is 0.455. The minimum atomic E-state index is -2.22. The van der Waals surface area contributed by atoms with Gasteiger partial charge in [0.15, 0.2) is 5.82 Å². The molecule has 88 valence electrons. The van der Waals surface area contributed by atoms with Crippen molar-refractivity contribution in [1.29, 1.82) is 0 Å². The molecule has 1 heterocycles. The van der Waals surface area contributed by atoms with Gasteiger partial charge in [-0.15, -0.1) is 0 Å². The second-order valence-corrected chi connectivity index (χ2v) is 8.13. The van der Waals surface area contributed by atoms with Gasteiger partial charge in [-0.2, -0.15) is 4.36 Å². The van der Waals surface area contributed by atoms with Crippen LogP contribution in [0, 0.1) is 11.2 Å². The molecule has 0 N–H and O–H groups in total. The van der Waals surface area contributed by atoms with Gasteiger partial charge in [0.25, 0.3) is 0 Å². The van der Waals surface area contributed by atoms with Crippen LogP contribution in [0.3, 0.4) is 0 Å². The lowest BCUT2D eigenvalue weighted by Crippen LogP contribution is -2.43. The van der Waals surface area contributed by atoms with Crippen molar-refractivity contribution in [3.05, 3.63) is 28.5 Å². The Morgan fingerprint density at radius 3 is 2.56 bits per heavy atom. The van der Waals surface area contributed by atoms with Gasteiger partial charge in [0.2, 0.25) is 0 Å². The van der Waals surface area contributed by atoms with Gasteiger partial charge in [-0.3, -0.25) is 0 Å². The monoisotopic (exact) mass is 305 g/mol. The van der Waals surface area contributed by atoms with Crippen LogP contribution in [-0.4, -0.2) is 15.7 Å². The van der Waals surface area contributed by atoms with Crippen LogP contribution >= 0.6 is 15.9 Å². The molecule has 0 spiro atoms. The minimum Gasteiger partial charge on any atom is -0.249 e. The van der Waals surface area contributed by atoms with E-state index in [1.807, 2.05) is 13.8 Å². The zero-order valence-electron chi connectivity index (χ0n) is 9.17. The fourth-order valence-electron chi connectivity index (χ4n) is 1.98. The summed E-state index contributed by atoms with van der Waals surface area (Å²) in [5.74, 6) is 0.673. The summed E-state index contributed by atoms with van der Waals surface area (Å²) in [6.45, 7) is 4.09. The first kappa shape index (κ1) is 12.0. The van der Waals surface area contributed by atoms with Gasteiger partial charge in [0, 0.05) is 16.0 Å². The van der Waals surface area contributed by atoms with E-state index in [1.54, 1.807) is 12.1 Å². The normalized spacial score (nSPS) is 21.2. The summed E-state index contributed by atoms with van der Waals surface area (Å²) in [5.41, 5.74) is 0.274. The maximum Gasteiger partial charge on any atom is 0.150 e. The summed E-state index contributed by atoms with van der Waals surface area (Å²) in [4.78, 5) is 0. The molecule has 0 aromatic heterocycles. The quantitative estimate of drug-likeness (QED) is 0.777. The molecule has 1 aliphatic heterocycles. The predicted molar refractivity (Wildman–Crippen MR) is 67.8 cm³/mol. The summed E-state index contributed by atoms with van der Waals surface area (Å²) in [7, 11) is -2.22. The van der Waals surface area contributed by atoms with Crippen LogP contribution in [0.15, 0.2) is 27.0 Å². The molecule has 1 aromatic carbocycles. The van der Waals surface area contributed by atoms with E-state index in [1.165, 1.54) is 6.07 Å². The molecule has 0 bridgehead atoms. The summed E-state index contributed by atoms with van der Waals surface area (Å²) in [6.07, 6.45) is 0. The van der Waals surface area contributed by atoms with E-state index < -0.39 is 15.5 Å². The first-order valence-corrected chi connectivity index (χ1v) is 7.62. The zero-order valence-corrected chi connectivity index (χ0v) is 11.6. The lowest BCUT2D eigenvalue weighted by atomic mass is 9.99. The van der Waals surface area contributed by atoms with Gasteiger partial charge in [0.1, 0.15) is 5.69 Å². The molecule has 2 rings (SSSR count). The average molecular weight is 306 g/mol. The second-order valence-electron chi connectivity index (χ2n) is 4.91. The van der Waals surface area contributed by atoms with Gasteiger partial charge in [0.05, 0.1) is 9.73 Å². The van der Waals surface area contributed by atoms with Gasteiger partial charge < -0.3 is 0 Å². The Kier molecular flexibility index (Phi) is 2.87. The largest absolute Gasteiger partial charge is 0.249 e. The third kappa shape index (κ3) is 2.46. The Morgan fingerprint density at radius 1 is 1.44 bits per heavy atom. The first-order valence-electron chi connectivity index (χ1n) is 4.97. The zero-order chi connectivity index (χ0) is 12.0. The topological polar surface area (TPSA) is 29.4 Å². The van der Waals surface area contributed by atoms with Gasteiger partial charge in [-0.05, 0) is 23.6 Å². The maximum absolute atomic E-state index is 13.5. The van der Waals surface area contributed by atoms with E-state index in [-0.39, 0.29) is 11.1 Å². The molecule has 16 heavy (non-hydrogen) atoms. The molecule has 1 saturated heterocycles. The Balaban J connectivity index is 2.35. The second kappa shape index (κ2) is 3.81. The van der Waals surface area contributed by atoms with E-state index in [0.29, 0.717) is 16.0 Å². The smallest absolute Gasteiger partial charge is 0.150 e. The minimum absolute atomic E-state index is 0.0758. The molecule has 1 fully saturated rings. The van der Waals surface area contributed by atoms with E-state index >= 15 is 0 Å². The molecule has 2 nitrogen and oxygen atoms in total. The van der Waals surface area contributed by atoms with Crippen LogP contribution in [-0.2, 0) is 9.73 Å². The van der Waals surface area contributed by atoms with E-state index in [2.05, 4.69) is 20.3 Å². The molecule has 0 aliphatic carbocycles. The molecule has 0 radical (unpaired) electrons. The molecule has 1 aliphatic rings. The highest BCUT2D eigenvalue weighted by Gasteiger charge is 2.38. The van der Waals surface area contributed by atoms with E-state index in [9.17, 15) is 8.60 Å². The number of hydrogen-bond acceptors (Lipinski definition) is 2. The van der Waals surface area contributed by atoms with Crippen LogP contribution in [0.1, 0.15) is 13.8 Å². The molecule has 0 amide bonds. The van der Waals surface area contributed by atoms with Crippen molar-refractivity contribution in [2.24, 2.45) is 9.78 Å². The number of nitrogens with zero attached hydrogens (tertiary/aromatic N) is 1. The van der Waals surface area contributed by atoms with Crippen LogP contribution in [0.4, 0.5) is 10.1 Å². The summed E-state index contributed by atoms with van der Waals surface area (Å²) in [5, 5.41) is 0. The number of rotatable bonds is 1. The first-order chi connectivity index (χ1) is 7.30. The number of hydrogen-bond donors (Lipinski definition) is 0. The van der Waals surface area contributed by atoms with Crippen LogP contribution in [0.25, 0.3) is 0 Å². The van der Waals surface area contributed by atoms with Crippen LogP contribution < -0.4 is 0 Å². The van der Waals surface area contributed by atoms with E-state index in [4.69, 9.17) is 0 Å². The molecule has 0 unspecified atom stereocenters. The number of benzene rings is 1. The Bertz CT molecular complexity index is 533. The van der Waals surface area contributed by atoms with Crippen molar-refractivity contribution < 1.29 is 8.60 Å². The molecule has 0 atom stereocenters. The molecule has 1 aromatic rings. The standard InChI is InChI=1S/C11H13BrFNOS/c1-11(2)6-16(15,7-11)14-10-4-3-8(12)5-9(10)13/h3-5H,6-7H2,1-2H3. The SMILES string of the molecule is CC1(C)CS(=O)(=Nc2ccc(Br)cc2F)C1. The van der Waals surface area contributed by atoms with Crippen molar-refractivity contribution in [3.8, 4) is 0 Å². The lowest BCUT2D eigenvalue weighted by molar-refractivity contribution is 0.435. The highest BCUT2D eigenvalue weighted by molar-refractivity contribution is 9.10. The lowest BCUT2D eigenvalue weighted by Gasteiger charge is -2.37. The van der Waals surface area contributed by atoms with Gasteiger partial charge in [-0.1, -0.05) is 29.8 Å². The molecule has 0 saturated carbocycles. The predicted octanol–water partition coefficient (Wildman–Crippen LogP) is 3.73.